The summed E-state index contributed by atoms with van der Waals surface area (Å²) >= 11 is 3.35. The molecular weight excluding hydrogens is 458 g/mol. The first-order valence-electron chi connectivity index (χ1n) is 9.40. The largest absolute Gasteiger partial charge is 0.465 e. The fourth-order valence-electron chi connectivity index (χ4n) is 3.26. The van der Waals surface area contributed by atoms with Crippen molar-refractivity contribution in [3.63, 3.8) is 0 Å². The third kappa shape index (κ3) is 4.93. The topological polar surface area (TPSA) is 84.1 Å². The summed E-state index contributed by atoms with van der Waals surface area (Å²) in [5, 5.41) is 12.3. The van der Waals surface area contributed by atoms with Crippen LogP contribution in [-0.4, -0.2) is 23.6 Å². The molecule has 0 bridgehead atoms. The second-order valence-electron chi connectivity index (χ2n) is 6.83. The smallest absolute Gasteiger partial charge is 0.337 e. The Bertz CT molecular complexity index is 1220. The predicted octanol–water partition coefficient (Wildman–Crippen LogP) is 5.19. The molecule has 7 heteroatoms. The maximum atomic E-state index is 12.6. The summed E-state index contributed by atoms with van der Waals surface area (Å²) in [6, 6.07) is 18.1. The Morgan fingerprint density at radius 3 is 2.48 bits per heavy atom. The van der Waals surface area contributed by atoms with Crippen molar-refractivity contribution in [2.75, 3.05) is 12.4 Å². The molecule has 3 rings (SSSR count). The molecule has 31 heavy (non-hydrogen) atoms. The molecule has 1 amide bonds. The van der Waals surface area contributed by atoms with E-state index in [1.54, 1.807) is 48.5 Å². The highest BCUT2D eigenvalue weighted by Crippen LogP contribution is 2.24. The maximum absolute atomic E-state index is 12.6. The van der Waals surface area contributed by atoms with Crippen molar-refractivity contribution >= 4 is 39.6 Å². The Labute approximate surface area is 188 Å². The van der Waals surface area contributed by atoms with Gasteiger partial charge in [-0.15, -0.1) is 0 Å². The monoisotopic (exact) mass is 477 g/mol. The van der Waals surface area contributed by atoms with Crippen LogP contribution in [0.3, 0.4) is 0 Å². The second-order valence-corrected chi connectivity index (χ2v) is 7.75. The van der Waals surface area contributed by atoms with Crippen LogP contribution in [0.1, 0.15) is 27.3 Å². The van der Waals surface area contributed by atoms with E-state index in [0.29, 0.717) is 11.3 Å². The number of amides is 1. The van der Waals surface area contributed by atoms with Crippen LogP contribution in [0.15, 0.2) is 64.6 Å². The number of nitrogens with zero attached hydrogens (tertiary/aromatic N) is 2. The third-order valence-electron chi connectivity index (χ3n) is 4.76. The first-order chi connectivity index (χ1) is 14.8. The fraction of sp³-hybridized carbons (Fsp3) is 0.125. The molecule has 0 saturated heterocycles. The molecule has 0 aliphatic heterocycles. The van der Waals surface area contributed by atoms with Gasteiger partial charge in [0.05, 0.1) is 12.7 Å². The lowest BCUT2D eigenvalue weighted by atomic mass is 10.1. The van der Waals surface area contributed by atoms with Crippen molar-refractivity contribution in [1.82, 2.24) is 4.57 Å². The van der Waals surface area contributed by atoms with E-state index < -0.39 is 11.9 Å². The summed E-state index contributed by atoms with van der Waals surface area (Å²) < 4.78 is 7.65. The highest BCUT2D eigenvalue weighted by molar-refractivity contribution is 9.10. The second kappa shape index (κ2) is 9.45. The van der Waals surface area contributed by atoms with Crippen LogP contribution in [0.25, 0.3) is 11.8 Å². The minimum atomic E-state index is -0.484. The average Bonchev–Trinajstić information content (AvgIpc) is 3.05. The number of hydrogen-bond acceptors (Lipinski definition) is 4. The highest BCUT2D eigenvalue weighted by atomic mass is 79.9. The van der Waals surface area contributed by atoms with E-state index in [-0.39, 0.29) is 5.57 Å². The van der Waals surface area contributed by atoms with Crippen LogP contribution < -0.4 is 5.32 Å². The minimum Gasteiger partial charge on any atom is -0.465 e. The molecule has 156 valence electrons. The first-order valence-corrected chi connectivity index (χ1v) is 10.2. The molecule has 6 nitrogen and oxygen atoms in total. The standard InChI is InChI=1S/C24H20BrN3O3/c1-15-11-18(12-19(14-26)23(29)27-21-9-7-20(25)8-10-21)16(2)28(15)22-6-4-5-17(13-22)24(30)31-3/h4-13H,1-3H3,(H,27,29)/b19-12-. The van der Waals surface area contributed by atoms with E-state index in [4.69, 9.17) is 4.74 Å². The molecule has 0 spiro atoms. The molecule has 0 radical (unpaired) electrons. The van der Waals surface area contributed by atoms with E-state index in [1.807, 2.05) is 36.6 Å². The van der Waals surface area contributed by atoms with Gasteiger partial charge in [0.2, 0.25) is 0 Å². The summed E-state index contributed by atoms with van der Waals surface area (Å²) in [6.45, 7) is 3.81. The van der Waals surface area contributed by atoms with Gasteiger partial charge in [0.1, 0.15) is 11.6 Å². The summed E-state index contributed by atoms with van der Waals surface area (Å²) in [4.78, 5) is 24.5. The Kier molecular flexibility index (Phi) is 6.73. The molecular formula is C24H20BrN3O3. The van der Waals surface area contributed by atoms with Gasteiger partial charge < -0.3 is 14.6 Å². The molecule has 0 atom stereocenters. The quantitative estimate of drug-likeness (QED) is 0.311. The van der Waals surface area contributed by atoms with Gasteiger partial charge in [-0.1, -0.05) is 22.0 Å². The number of nitrogens with one attached hydrogen (secondary N) is 1. The Morgan fingerprint density at radius 1 is 1.13 bits per heavy atom. The summed E-state index contributed by atoms with van der Waals surface area (Å²) in [5.41, 5.74) is 4.29. The van der Waals surface area contributed by atoms with Gasteiger partial charge in [-0.05, 0) is 74.0 Å². The SMILES string of the molecule is COC(=O)c1cccc(-n2c(C)cc(/C=C(/C#N)C(=O)Nc3ccc(Br)cc3)c2C)c1. The zero-order chi connectivity index (χ0) is 22.5. The van der Waals surface area contributed by atoms with Gasteiger partial charge in [-0.3, -0.25) is 4.79 Å². The van der Waals surface area contributed by atoms with Crippen molar-refractivity contribution in [2.45, 2.75) is 13.8 Å². The van der Waals surface area contributed by atoms with E-state index in [1.165, 1.54) is 7.11 Å². The number of ether oxygens (including phenoxy) is 1. The lowest BCUT2D eigenvalue weighted by Crippen LogP contribution is -2.13. The molecule has 0 aliphatic carbocycles. The average molecular weight is 478 g/mol. The van der Waals surface area contributed by atoms with Gasteiger partial charge >= 0.3 is 5.97 Å². The number of esters is 1. The van der Waals surface area contributed by atoms with Crippen LogP contribution in [0.5, 0.6) is 0 Å². The van der Waals surface area contributed by atoms with Crippen molar-refractivity contribution in [2.24, 2.45) is 0 Å². The maximum Gasteiger partial charge on any atom is 0.337 e. The number of anilines is 1. The van der Waals surface area contributed by atoms with Gasteiger partial charge in [0.15, 0.2) is 0 Å². The highest BCUT2D eigenvalue weighted by Gasteiger charge is 2.15. The van der Waals surface area contributed by atoms with Crippen LogP contribution >= 0.6 is 15.9 Å². The van der Waals surface area contributed by atoms with Gasteiger partial charge in [-0.2, -0.15) is 5.26 Å². The van der Waals surface area contributed by atoms with Crippen molar-refractivity contribution in [3.05, 3.63) is 87.2 Å². The summed E-state index contributed by atoms with van der Waals surface area (Å²) in [6.07, 6.45) is 1.57. The molecule has 1 heterocycles. The summed E-state index contributed by atoms with van der Waals surface area (Å²) in [5.74, 6) is -0.900. The number of carbonyl (C=O) groups is 2. The zero-order valence-corrected chi connectivity index (χ0v) is 18.9. The predicted molar refractivity (Wildman–Crippen MR) is 123 cm³/mol. The van der Waals surface area contributed by atoms with Gasteiger partial charge in [0.25, 0.3) is 5.91 Å². The first kappa shape index (κ1) is 22.1. The van der Waals surface area contributed by atoms with Gasteiger partial charge in [-0.25, -0.2) is 4.79 Å². The van der Waals surface area contributed by atoms with Crippen molar-refractivity contribution < 1.29 is 14.3 Å². The molecule has 0 unspecified atom stereocenters. The number of aromatic nitrogens is 1. The normalized spacial score (nSPS) is 11.0. The van der Waals surface area contributed by atoms with E-state index in [0.717, 1.165) is 27.1 Å². The Balaban J connectivity index is 1.94. The zero-order valence-electron chi connectivity index (χ0n) is 17.3. The third-order valence-corrected chi connectivity index (χ3v) is 5.29. The number of nitriles is 1. The van der Waals surface area contributed by atoms with Crippen LogP contribution in [0.2, 0.25) is 0 Å². The lowest BCUT2D eigenvalue weighted by molar-refractivity contribution is -0.112. The number of carbonyl (C=O) groups excluding carboxylic acids is 2. The molecule has 0 fully saturated rings. The molecule has 3 aromatic rings. The van der Waals surface area contributed by atoms with E-state index >= 15 is 0 Å². The number of rotatable bonds is 5. The van der Waals surface area contributed by atoms with Crippen molar-refractivity contribution in [1.29, 1.82) is 5.26 Å². The summed E-state index contributed by atoms with van der Waals surface area (Å²) in [7, 11) is 1.34. The fourth-order valence-corrected chi connectivity index (χ4v) is 3.52. The minimum absolute atomic E-state index is 0.00789. The van der Waals surface area contributed by atoms with Crippen LogP contribution in [-0.2, 0) is 9.53 Å². The van der Waals surface area contributed by atoms with E-state index in [2.05, 4.69) is 21.2 Å². The van der Waals surface area contributed by atoms with E-state index in [9.17, 15) is 14.9 Å². The molecule has 0 aliphatic rings. The lowest BCUT2D eigenvalue weighted by Gasteiger charge is -2.11. The Hall–Kier alpha value is -3.63. The molecule has 0 saturated carbocycles. The van der Waals surface area contributed by atoms with Crippen molar-refractivity contribution in [3.8, 4) is 11.8 Å². The number of methoxy groups -OCH3 is 1. The van der Waals surface area contributed by atoms with Crippen LogP contribution in [0.4, 0.5) is 5.69 Å². The molecule has 1 N–H and O–H groups in total. The number of halogens is 1. The number of benzene rings is 2. The molecule has 1 aromatic heterocycles. The number of hydrogen-bond donors (Lipinski definition) is 1. The molecule has 2 aromatic carbocycles. The Morgan fingerprint density at radius 2 is 1.84 bits per heavy atom. The van der Waals surface area contributed by atoms with Gasteiger partial charge in [0, 0.05) is 27.2 Å². The van der Waals surface area contributed by atoms with Crippen LogP contribution in [0, 0.1) is 25.2 Å². The number of aryl methyl sites for hydroxylation is 1.